The molecule has 1 unspecified atom stereocenters. The molecule has 4 heteroatoms. The molecule has 0 heterocycles. The molecular formula is C11H17FN2O. The van der Waals surface area contributed by atoms with Crippen LogP contribution in [0, 0.1) is 5.82 Å². The van der Waals surface area contributed by atoms with Gasteiger partial charge in [-0.1, -0.05) is 6.07 Å². The van der Waals surface area contributed by atoms with E-state index in [9.17, 15) is 4.39 Å². The molecule has 0 aliphatic rings. The summed E-state index contributed by atoms with van der Waals surface area (Å²) < 4.78 is 12.9. The zero-order chi connectivity index (χ0) is 11.5. The summed E-state index contributed by atoms with van der Waals surface area (Å²) in [7, 11) is 1.82. The Labute approximate surface area is 89.3 Å². The molecule has 0 aliphatic carbocycles. The highest BCUT2D eigenvalue weighted by atomic mass is 19.1. The Morgan fingerprint density at radius 2 is 2.20 bits per heavy atom. The zero-order valence-electron chi connectivity index (χ0n) is 9.07. The molecule has 0 fully saturated rings. The van der Waals surface area contributed by atoms with E-state index in [2.05, 4.69) is 0 Å². The van der Waals surface area contributed by atoms with Gasteiger partial charge in [0.25, 0.3) is 0 Å². The number of nitrogens with two attached hydrogens (primary N) is 1. The van der Waals surface area contributed by atoms with Crippen molar-refractivity contribution < 1.29 is 9.50 Å². The molecular weight excluding hydrogens is 195 g/mol. The number of benzene rings is 1. The van der Waals surface area contributed by atoms with Crippen LogP contribution in [0.5, 0.6) is 0 Å². The van der Waals surface area contributed by atoms with Crippen LogP contribution in [-0.2, 0) is 0 Å². The average Bonchev–Trinajstić information content (AvgIpc) is 2.17. The molecule has 1 aromatic rings. The fourth-order valence-electron chi connectivity index (χ4n) is 1.40. The maximum Gasteiger partial charge on any atom is 0.125 e. The van der Waals surface area contributed by atoms with Gasteiger partial charge in [-0.2, -0.15) is 0 Å². The van der Waals surface area contributed by atoms with Gasteiger partial charge in [-0.15, -0.1) is 0 Å². The summed E-state index contributed by atoms with van der Waals surface area (Å²) in [6.45, 7) is 2.11. The molecule has 0 spiro atoms. The van der Waals surface area contributed by atoms with Crippen molar-refractivity contribution in [2.75, 3.05) is 25.1 Å². The molecule has 0 bridgehead atoms. The second kappa shape index (κ2) is 4.59. The van der Waals surface area contributed by atoms with Gasteiger partial charge in [-0.3, -0.25) is 0 Å². The molecule has 1 aromatic carbocycles. The van der Waals surface area contributed by atoms with Crippen LogP contribution in [0.15, 0.2) is 24.3 Å². The number of aliphatic hydroxyl groups excluding tert-OH is 1. The molecule has 3 N–H and O–H groups in total. The second-order valence-electron chi connectivity index (χ2n) is 4.15. The predicted molar refractivity (Wildman–Crippen MR) is 59.3 cm³/mol. The van der Waals surface area contributed by atoms with Crippen LogP contribution in [0.3, 0.4) is 0 Å². The first-order valence-electron chi connectivity index (χ1n) is 4.81. The van der Waals surface area contributed by atoms with Crippen molar-refractivity contribution in [3.05, 3.63) is 30.1 Å². The summed E-state index contributed by atoms with van der Waals surface area (Å²) in [5.41, 5.74) is 5.88. The van der Waals surface area contributed by atoms with Gasteiger partial charge in [-0.25, -0.2) is 4.39 Å². The van der Waals surface area contributed by atoms with E-state index in [1.165, 1.54) is 12.1 Å². The lowest BCUT2D eigenvalue weighted by Crippen LogP contribution is -2.49. The van der Waals surface area contributed by atoms with Crippen molar-refractivity contribution in [2.45, 2.75) is 12.5 Å². The number of rotatable bonds is 4. The van der Waals surface area contributed by atoms with Crippen LogP contribution in [-0.4, -0.2) is 30.8 Å². The van der Waals surface area contributed by atoms with Crippen LogP contribution in [0.1, 0.15) is 6.92 Å². The highest BCUT2D eigenvalue weighted by Crippen LogP contribution is 2.15. The first kappa shape index (κ1) is 11.9. The topological polar surface area (TPSA) is 49.5 Å². The Bertz CT molecular complexity index is 328. The van der Waals surface area contributed by atoms with Crippen LogP contribution >= 0.6 is 0 Å². The van der Waals surface area contributed by atoms with Gasteiger partial charge >= 0.3 is 0 Å². The minimum Gasteiger partial charge on any atom is -0.394 e. The van der Waals surface area contributed by atoms with Gasteiger partial charge in [0, 0.05) is 19.3 Å². The summed E-state index contributed by atoms with van der Waals surface area (Å²) in [6.07, 6.45) is 0. The molecule has 0 radical (unpaired) electrons. The Balaban J connectivity index is 2.73. The highest BCUT2D eigenvalue weighted by Gasteiger charge is 2.19. The molecule has 0 aliphatic heterocycles. The normalized spacial score (nSPS) is 14.7. The van der Waals surface area contributed by atoms with E-state index in [4.69, 9.17) is 10.8 Å². The summed E-state index contributed by atoms with van der Waals surface area (Å²) in [5.74, 6) is -0.276. The molecule has 1 rings (SSSR count). The predicted octanol–water partition coefficient (Wildman–Crippen LogP) is 0.972. The highest BCUT2D eigenvalue weighted by molar-refractivity contribution is 5.46. The van der Waals surface area contributed by atoms with Crippen molar-refractivity contribution >= 4 is 5.69 Å². The molecule has 3 nitrogen and oxygen atoms in total. The number of anilines is 1. The van der Waals surface area contributed by atoms with Crippen molar-refractivity contribution in [2.24, 2.45) is 5.73 Å². The number of aliphatic hydroxyl groups is 1. The number of hydrogen-bond acceptors (Lipinski definition) is 3. The standard InChI is InChI=1S/C11H17FN2O/c1-11(13,8-15)7-14(2)10-5-3-4-9(12)6-10/h3-6,15H,7-8,13H2,1-2H3. The van der Waals surface area contributed by atoms with Gasteiger partial charge < -0.3 is 15.7 Å². The average molecular weight is 212 g/mol. The van der Waals surface area contributed by atoms with E-state index in [1.807, 2.05) is 11.9 Å². The maximum atomic E-state index is 12.9. The van der Waals surface area contributed by atoms with E-state index in [0.717, 1.165) is 5.69 Å². The Morgan fingerprint density at radius 1 is 1.53 bits per heavy atom. The number of hydrogen-bond donors (Lipinski definition) is 2. The third-order valence-corrected chi connectivity index (χ3v) is 2.21. The summed E-state index contributed by atoms with van der Waals surface area (Å²) in [6, 6.07) is 6.28. The summed E-state index contributed by atoms with van der Waals surface area (Å²) in [4.78, 5) is 1.82. The Hall–Kier alpha value is -1.13. The lowest BCUT2D eigenvalue weighted by molar-refractivity contribution is 0.212. The number of nitrogens with zero attached hydrogens (tertiary/aromatic N) is 1. The van der Waals surface area contributed by atoms with E-state index in [1.54, 1.807) is 19.1 Å². The molecule has 84 valence electrons. The second-order valence-corrected chi connectivity index (χ2v) is 4.15. The third-order valence-electron chi connectivity index (χ3n) is 2.21. The number of likely N-dealkylation sites (N-methyl/N-ethyl adjacent to an activating group) is 1. The first-order chi connectivity index (χ1) is 6.94. The minimum absolute atomic E-state index is 0.105. The molecule has 0 saturated carbocycles. The maximum absolute atomic E-state index is 12.9. The number of halogens is 1. The van der Waals surface area contributed by atoms with Crippen LogP contribution in [0.25, 0.3) is 0 Å². The molecule has 0 aromatic heterocycles. The summed E-state index contributed by atoms with van der Waals surface area (Å²) >= 11 is 0. The van der Waals surface area contributed by atoms with Crippen LogP contribution in [0.4, 0.5) is 10.1 Å². The van der Waals surface area contributed by atoms with Gasteiger partial charge in [0.1, 0.15) is 5.82 Å². The van der Waals surface area contributed by atoms with Gasteiger partial charge in [0.05, 0.1) is 12.1 Å². The van der Waals surface area contributed by atoms with Gasteiger partial charge in [-0.05, 0) is 25.1 Å². The van der Waals surface area contributed by atoms with Crippen molar-refractivity contribution in [3.63, 3.8) is 0 Å². The lowest BCUT2D eigenvalue weighted by atomic mass is 10.1. The fourth-order valence-corrected chi connectivity index (χ4v) is 1.40. The van der Waals surface area contributed by atoms with E-state index in [0.29, 0.717) is 6.54 Å². The Morgan fingerprint density at radius 3 is 2.73 bits per heavy atom. The quantitative estimate of drug-likeness (QED) is 0.782. The lowest BCUT2D eigenvalue weighted by Gasteiger charge is -2.29. The monoisotopic (exact) mass is 212 g/mol. The molecule has 0 saturated heterocycles. The smallest absolute Gasteiger partial charge is 0.125 e. The molecule has 15 heavy (non-hydrogen) atoms. The zero-order valence-corrected chi connectivity index (χ0v) is 9.07. The first-order valence-corrected chi connectivity index (χ1v) is 4.81. The fraction of sp³-hybridized carbons (Fsp3) is 0.455. The van der Waals surface area contributed by atoms with E-state index in [-0.39, 0.29) is 12.4 Å². The van der Waals surface area contributed by atoms with Crippen LogP contribution < -0.4 is 10.6 Å². The largest absolute Gasteiger partial charge is 0.394 e. The molecule has 0 amide bonds. The molecule has 1 atom stereocenters. The summed E-state index contributed by atoms with van der Waals surface area (Å²) in [5, 5.41) is 9.02. The van der Waals surface area contributed by atoms with E-state index >= 15 is 0 Å². The van der Waals surface area contributed by atoms with E-state index < -0.39 is 5.54 Å². The third kappa shape index (κ3) is 3.49. The SMILES string of the molecule is CN(CC(C)(N)CO)c1cccc(F)c1. The Kier molecular flexibility index (Phi) is 3.66. The van der Waals surface area contributed by atoms with Gasteiger partial charge in [0.15, 0.2) is 0 Å². The minimum atomic E-state index is -0.679. The van der Waals surface area contributed by atoms with Crippen molar-refractivity contribution in [1.82, 2.24) is 0 Å². The van der Waals surface area contributed by atoms with Crippen LogP contribution in [0.2, 0.25) is 0 Å². The van der Waals surface area contributed by atoms with Gasteiger partial charge in [0.2, 0.25) is 0 Å². The van der Waals surface area contributed by atoms with Crippen molar-refractivity contribution in [1.29, 1.82) is 0 Å². The van der Waals surface area contributed by atoms with Crippen molar-refractivity contribution in [3.8, 4) is 0 Å².